The second-order valence-electron chi connectivity index (χ2n) is 4.93. The van der Waals surface area contributed by atoms with Gasteiger partial charge in [0.05, 0.1) is 0 Å². The van der Waals surface area contributed by atoms with Crippen LogP contribution in [0.15, 0.2) is 41.4 Å². The number of hydrogen-bond acceptors (Lipinski definition) is 0. The third-order valence-electron chi connectivity index (χ3n) is 3.29. The largest absolute Gasteiger partial charge is 0.103 e. The Morgan fingerprint density at radius 3 is 2.00 bits per heavy atom. The quantitative estimate of drug-likeness (QED) is 0.351. The summed E-state index contributed by atoms with van der Waals surface area (Å²) in [5.74, 6) is 0. The predicted octanol–water partition coefficient (Wildman–Crippen LogP) is 6.30. The van der Waals surface area contributed by atoms with Crippen molar-refractivity contribution in [3.8, 4) is 0 Å². The lowest BCUT2D eigenvalue weighted by atomic mass is 10.0. The van der Waals surface area contributed by atoms with Crippen LogP contribution >= 0.6 is 15.9 Å². The highest BCUT2D eigenvalue weighted by atomic mass is 79.9. The summed E-state index contributed by atoms with van der Waals surface area (Å²) >= 11 is 3.47. The molecule has 0 bridgehead atoms. The molecule has 0 spiro atoms. The summed E-state index contributed by atoms with van der Waals surface area (Å²) in [5, 5.41) is 0. The van der Waals surface area contributed by atoms with Gasteiger partial charge < -0.3 is 0 Å². The van der Waals surface area contributed by atoms with Crippen LogP contribution in [0.1, 0.15) is 56.9 Å². The number of unbranched alkanes of at least 4 members (excludes halogenated alkanes) is 7. The van der Waals surface area contributed by atoms with E-state index in [0.717, 1.165) is 0 Å². The van der Waals surface area contributed by atoms with Gasteiger partial charge in [-0.3, -0.25) is 0 Å². The number of halogens is 1. The predicted molar refractivity (Wildman–Crippen MR) is 85.0 cm³/mol. The van der Waals surface area contributed by atoms with E-state index in [0.29, 0.717) is 0 Å². The van der Waals surface area contributed by atoms with Gasteiger partial charge >= 0.3 is 0 Å². The first-order chi connectivity index (χ1) is 8.83. The van der Waals surface area contributed by atoms with E-state index in [1.165, 1.54) is 67.8 Å². The van der Waals surface area contributed by atoms with E-state index in [9.17, 15) is 0 Å². The van der Waals surface area contributed by atoms with Gasteiger partial charge in [-0.05, 0) is 43.4 Å². The van der Waals surface area contributed by atoms with E-state index in [2.05, 4.69) is 46.8 Å². The highest BCUT2D eigenvalue weighted by Gasteiger charge is 1.95. The molecule has 0 N–H and O–H groups in total. The molecule has 1 aromatic rings. The summed E-state index contributed by atoms with van der Waals surface area (Å²) in [6.07, 6.45) is 14.0. The summed E-state index contributed by atoms with van der Waals surface area (Å²) in [4.78, 5) is 0. The Morgan fingerprint density at radius 1 is 0.833 bits per heavy atom. The van der Waals surface area contributed by atoms with Crippen molar-refractivity contribution in [2.45, 2.75) is 57.8 Å². The minimum absolute atomic E-state index is 1.17. The van der Waals surface area contributed by atoms with Crippen molar-refractivity contribution in [3.63, 3.8) is 0 Å². The number of hydrogen-bond donors (Lipinski definition) is 0. The highest BCUT2D eigenvalue weighted by molar-refractivity contribution is 9.10. The fourth-order valence-electron chi connectivity index (χ4n) is 2.15. The minimum Gasteiger partial charge on any atom is -0.103 e. The molecule has 0 amide bonds. The SMILES string of the molecule is C=CCCCCCCCCCc1ccc(Br)cc1. The Balaban J connectivity index is 1.92. The van der Waals surface area contributed by atoms with Crippen molar-refractivity contribution in [1.29, 1.82) is 0 Å². The summed E-state index contributed by atoms with van der Waals surface area (Å²) in [6.45, 7) is 3.75. The van der Waals surface area contributed by atoms with Crippen molar-refractivity contribution in [2.24, 2.45) is 0 Å². The zero-order chi connectivity index (χ0) is 13.1. The monoisotopic (exact) mass is 308 g/mol. The first kappa shape index (κ1) is 15.5. The molecule has 0 fully saturated rings. The Hall–Kier alpha value is -0.560. The molecule has 0 atom stereocenters. The maximum absolute atomic E-state index is 3.75. The standard InChI is InChI=1S/C17H25Br/c1-2-3-4-5-6-7-8-9-10-11-16-12-14-17(18)15-13-16/h2,12-15H,1,3-11H2. The zero-order valence-electron chi connectivity index (χ0n) is 11.3. The van der Waals surface area contributed by atoms with Crippen molar-refractivity contribution in [1.82, 2.24) is 0 Å². The molecule has 0 unspecified atom stereocenters. The zero-order valence-corrected chi connectivity index (χ0v) is 12.9. The molecule has 0 aromatic heterocycles. The van der Waals surface area contributed by atoms with Gasteiger partial charge in [-0.2, -0.15) is 0 Å². The molecule has 100 valence electrons. The summed E-state index contributed by atoms with van der Waals surface area (Å²) in [6, 6.07) is 8.71. The van der Waals surface area contributed by atoms with Crippen molar-refractivity contribution >= 4 is 15.9 Å². The van der Waals surface area contributed by atoms with Crippen LogP contribution < -0.4 is 0 Å². The van der Waals surface area contributed by atoms with Crippen LogP contribution in [0.3, 0.4) is 0 Å². The van der Waals surface area contributed by atoms with Gasteiger partial charge in [0, 0.05) is 4.47 Å². The second-order valence-corrected chi connectivity index (χ2v) is 5.84. The Kier molecular flexibility index (Phi) is 8.93. The lowest BCUT2D eigenvalue weighted by Gasteiger charge is -2.03. The van der Waals surface area contributed by atoms with Gasteiger partial charge in [0.25, 0.3) is 0 Å². The fourth-order valence-corrected chi connectivity index (χ4v) is 2.42. The molecule has 1 heteroatoms. The molecule has 1 rings (SSSR count). The fraction of sp³-hybridized carbons (Fsp3) is 0.529. The van der Waals surface area contributed by atoms with E-state index < -0.39 is 0 Å². The molecule has 0 aliphatic rings. The van der Waals surface area contributed by atoms with Crippen LogP contribution in [-0.2, 0) is 6.42 Å². The molecule has 0 aliphatic carbocycles. The van der Waals surface area contributed by atoms with Crippen LogP contribution in [0.4, 0.5) is 0 Å². The number of allylic oxidation sites excluding steroid dienone is 1. The van der Waals surface area contributed by atoms with E-state index in [1.807, 2.05) is 6.08 Å². The first-order valence-corrected chi connectivity index (χ1v) is 7.97. The van der Waals surface area contributed by atoms with Crippen molar-refractivity contribution < 1.29 is 0 Å². The summed E-state index contributed by atoms with van der Waals surface area (Å²) in [7, 11) is 0. The molecule has 0 aliphatic heterocycles. The van der Waals surface area contributed by atoms with Crippen LogP contribution in [0.2, 0.25) is 0 Å². The number of benzene rings is 1. The third-order valence-corrected chi connectivity index (χ3v) is 3.82. The molecule has 18 heavy (non-hydrogen) atoms. The average molecular weight is 309 g/mol. The lowest BCUT2D eigenvalue weighted by molar-refractivity contribution is 0.581. The Morgan fingerprint density at radius 2 is 1.39 bits per heavy atom. The Labute approximate surface area is 121 Å². The van der Waals surface area contributed by atoms with E-state index in [1.54, 1.807) is 0 Å². The first-order valence-electron chi connectivity index (χ1n) is 7.18. The van der Waals surface area contributed by atoms with Gasteiger partial charge in [-0.25, -0.2) is 0 Å². The maximum Gasteiger partial charge on any atom is 0.0175 e. The second kappa shape index (κ2) is 10.4. The molecule has 0 saturated heterocycles. The normalized spacial score (nSPS) is 10.5. The van der Waals surface area contributed by atoms with Crippen LogP contribution in [0, 0.1) is 0 Å². The van der Waals surface area contributed by atoms with Gasteiger partial charge in [0.2, 0.25) is 0 Å². The van der Waals surface area contributed by atoms with Gasteiger partial charge in [-0.1, -0.05) is 66.2 Å². The third kappa shape index (κ3) is 7.71. The van der Waals surface area contributed by atoms with Crippen LogP contribution in [-0.4, -0.2) is 0 Å². The smallest absolute Gasteiger partial charge is 0.0175 e. The molecule has 1 aromatic carbocycles. The molecule has 0 radical (unpaired) electrons. The summed E-state index contributed by atoms with van der Waals surface area (Å²) in [5.41, 5.74) is 1.46. The molecule has 0 heterocycles. The van der Waals surface area contributed by atoms with Gasteiger partial charge in [-0.15, -0.1) is 6.58 Å². The topological polar surface area (TPSA) is 0 Å². The van der Waals surface area contributed by atoms with Crippen LogP contribution in [0.25, 0.3) is 0 Å². The molecule has 0 saturated carbocycles. The van der Waals surface area contributed by atoms with E-state index in [4.69, 9.17) is 0 Å². The minimum atomic E-state index is 1.17. The van der Waals surface area contributed by atoms with Crippen molar-refractivity contribution in [3.05, 3.63) is 47.0 Å². The number of aryl methyl sites for hydroxylation is 1. The molecular formula is C17H25Br. The highest BCUT2D eigenvalue weighted by Crippen LogP contribution is 2.14. The van der Waals surface area contributed by atoms with Crippen LogP contribution in [0.5, 0.6) is 0 Å². The summed E-state index contributed by atoms with van der Waals surface area (Å²) < 4.78 is 1.17. The Bertz CT molecular complexity index is 313. The van der Waals surface area contributed by atoms with Gasteiger partial charge in [0.1, 0.15) is 0 Å². The number of rotatable bonds is 10. The van der Waals surface area contributed by atoms with Crippen molar-refractivity contribution in [2.75, 3.05) is 0 Å². The van der Waals surface area contributed by atoms with E-state index in [-0.39, 0.29) is 0 Å². The molecule has 0 nitrogen and oxygen atoms in total. The average Bonchev–Trinajstić information content (AvgIpc) is 2.39. The maximum atomic E-state index is 3.75. The van der Waals surface area contributed by atoms with E-state index >= 15 is 0 Å². The molecular weight excluding hydrogens is 284 g/mol. The lowest BCUT2D eigenvalue weighted by Crippen LogP contribution is -1.86. The van der Waals surface area contributed by atoms with Gasteiger partial charge in [0.15, 0.2) is 0 Å².